The molecule has 1 aliphatic heterocycles. The van der Waals surface area contributed by atoms with Crippen molar-refractivity contribution in [3.8, 4) is 0 Å². The first kappa shape index (κ1) is 16.9. The highest BCUT2D eigenvalue weighted by Gasteiger charge is 2.39. The minimum Gasteiger partial charge on any atom is -0.466 e. The fraction of sp³-hybridized carbons (Fsp3) is 0.200. The third kappa shape index (κ3) is 2.72. The summed E-state index contributed by atoms with van der Waals surface area (Å²) in [5.74, 6) is -2.26. The van der Waals surface area contributed by atoms with Gasteiger partial charge in [-0.25, -0.2) is 14.0 Å². The van der Waals surface area contributed by atoms with Gasteiger partial charge in [-0.15, -0.1) is 0 Å². The number of anilines is 1. The zero-order chi connectivity index (χ0) is 18.1. The van der Waals surface area contributed by atoms with Crippen molar-refractivity contribution in [1.29, 1.82) is 0 Å². The summed E-state index contributed by atoms with van der Waals surface area (Å²) in [6, 6.07) is 2.96. The summed E-state index contributed by atoms with van der Waals surface area (Å²) in [6.07, 6.45) is 1.17. The van der Waals surface area contributed by atoms with E-state index in [-0.39, 0.29) is 27.8 Å². The van der Waals surface area contributed by atoms with Crippen molar-refractivity contribution in [2.24, 2.45) is 0 Å². The lowest BCUT2D eigenvalue weighted by Crippen LogP contribution is -2.32. The van der Waals surface area contributed by atoms with E-state index in [2.05, 4.69) is 15.4 Å². The summed E-state index contributed by atoms with van der Waals surface area (Å²) in [7, 11) is 2.29. The molecule has 0 saturated heterocycles. The van der Waals surface area contributed by atoms with Crippen molar-refractivity contribution in [2.75, 3.05) is 19.5 Å². The minimum atomic E-state index is -1.12. The molecular weight excluding hydrogens is 355 g/mol. The van der Waals surface area contributed by atoms with Crippen LogP contribution in [-0.4, -0.2) is 40.9 Å². The van der Waals surface area contributed by atoms with Gasteiger partial charge < -0.3 is 14.8 Å². The lowest BCUT2D eigenvalue weighted by molar-refractivity contribution is -0.138. The Labute approximate surface area is 146 Å². The van der Waals surface area contributed by atoms with Crippen LogP contribution < -0.4 is 5.32 Å². The molecule has 0 fully saturated rings. The molecule has 1 aliphatic rings. The number of hydrogen-bond acceptors (Lipinski definition) is 7. The van der Waals surface area contributed by atoms with E-state index in [1.807, 2.05) is 0 Å². The molecule has 1 aromatic carbocycles. The Hall–Kier alpha value is -2.94. The Bertz CT molecular complexity index is 875. The van der Waals surface area contributed by atoms with Gasteiger partial charge in [0.1, 0.15) is 12.1 Å². The van der Waals surface area contributed by atoms with Crippen LogP contribution >= 0.6 is 11.6 Å². The van der Waals surface area contributed by atoms with E-state index in [1.165, 1.54) is 24.5 Å². The number of hydrogen-bond donors (Lipinski definition) is 1. The smallest absolute Gasteiger partial charge is 0.357 e. The van der Waals surface area contributed by atoms with E-state index >= 15 is 0 Å². The molecule has 8 nitrogen and oxygen atoms in total. The standard InChI is InChI=1S/C15H12ClFN4O4/c1-24-13(22)10-11(9-7(16)4-3-5-8(9)17)20-15-18-6-19-21(15)12(10)14(23)25-2/h3-6,11H,1-2H3,(H,18,19,20). The van der Waals surface area contributed by atoms with Crippen LogP contribution in [0.25, 0.3) is 5.70 Å². The molecule has 3 rings (SSSR count). The number of esters is 2. The van der Waals surface area contributed by atoms with Gasteiger partial charge in [0.2, 0.25) is 5.95 Å². The number of benzene rings is 1. The molecule has 1 unspecified atom stereocenters. The molecule has 2 heterocycles. The Morgan fingerprint density at radius 2 is 2.00 bits per heavy atom. The first-order valence-electron chi connectivity index (χ1n) is 7.01. The number of nitrogens with zero attached hydrogens (tertiary/aromatic N) is 3. The molecule has 0 radical (unpaired) electrons. The predicted molar refractivity (Wildman–Crippen MR) is 85.0 cm³/mol. The maximum atomic E-state index is 14.4. The molecule has 0 saturated carbocycles. The minimum absolute atomic E-state index is 0.0276. The number of ether oxygens (including phenoxy) is 2. The average Bonchev–Trinajstić information content (AvgIpc) is 3.07. The molecule has 0 bridgehead atoms. The van der Waals surface area contributed by atoms with Crippen LogP contribution in [0.4, 0.5) is 10.3 Å². The van der Waals surface area contributed by atoms with E-state index < -0.39 is 23.8 Å². The molecule has 130 valence electrons. The average molecular weight is 367 g/mol. The molecule has 1 N–H and O–H groups in total. The van der Waals surface area contributed by atoms with Gasteiger partial charge in [0.05, 0.1) is 25.8 Å². The number of carbonyl (C=O) groups excluding carboxylic acids is 2. The molecule has 25 heavy (non-hydrogen) atoms. The summed E-state index contributed by atoms with van der Waals surface area (Å²) in [5.41, 5.74) is -0.454. The van der Waals surface area contributed by atoms with Crippen LogP contribution in [0.5, 0.6) is 0 Å². The van der Waals surface area contributed by atoms with Crippen LogP contribution in [0.1, 0.15) is 11.6 Å². The highest BCUT2D eigenvalue weighted by molar-refractivity contribution is 6.31. The molecule has 0 aliphatic carbocycles. The van der Waals surface area contributed by atoms with Crippen LogP contribution in [-0.2, 0) is 19.1 Å². The predicted octanol–water partition coefficient (Wildman–Crippen LogP) is 1.79. The van der Waals surface area contributed by atoms with Gasteiger partial charge in [-0.3, -0.25) is 0 Å². The summed E-state index contributed by atoms with van der Waals surface area (Å²) in [6.45, 7) is 0. The lowest BCUT2D eigenvalue weighted by atomic mass is 9.94. The van der Waals surface area contributed by atoms with Gasteiger partial charge in [-0.05, 0) is 12.1 Å². The summed E-state index contributed by atoms with van der Waals surface area (Å²) >= 11 is 6.12. The fourth-order valence-electron chi connectivity index (χ4n) is 2.58. The monoisotopic (exact) mass is 366 g/mol. The van der Waals surface area contributed by atoms with Crippen molar-refractivity contribution < 1.29 is 23.5 Å². The third-order valence-electron chi connectivity index (χ3n) is 3.65. The van der Waals surface area contributed by atoms with Crippen LogP contribution in [0.3, 0.4) is 0 Å². The largest absolute Gasteiger partial charge is 0.466 e. The second kappa shape index (κ2) is 6.52. The van der Waals surface area contributed by atoms with E-state index in [9.17, 15) is 14.0 Å². The quantitative estimate of drug-likeness (QED) is 0.827. The Balaban J connectivity index is 2.32. The van der Waals surface area contributed by atoms with E-state index in [4.69, 9.17) is 21.1 Å². The number of halogens is 2. The lowest BCUT2D eigenvalue weighted by Gasteiger charge is -2.28. The summed E-state index contributed by atoms with van der Waals surface area (Å²) in [4.78, 5) is 28.6. The Morgan fingerprint density at radius 1 is 1.28 bits per heavy atom. The molecular formula is C15H12ClFN4O4. The molecule has 0 spiro atoms. The van der Waals surface area contributed by atoms with Crippen molar-refractivity contribution in [1.82, 2.24) is 14.8 Å². The topological polar surface area (TPSA) is 95.3 Å². The number of fused-ring (bicyclic) bond motifs is 1. The first-order chi connectivity index (χ1) is 12.0. The summed E-state index contributed by atoms with van der Waals surface area (Å²) < 4.78 is 25.0. The Morgan fingerprint density at radius 3 is 2.64 bits per heavy atom. The number of methoxy groups -OCH3 is 2. The van der Waals surface area contributed by atoms with Gasteiger partial charge >= 0.3 is 11.9 Å². The number of rotatable bonds is 3. The van der Waals surface area contributed by atoms with Gasteiger partial charge in [0.25, 0.3) is 0 Å². The van der Waals surface area contributed by atoms with Crippen LogP contribution in [0.15, 0.2) is 30.1 Å². The number of aromatic nitrogens is 3. The van der Waals surface area contributed by atoms with Crippen LogP contribution in [0.2, 0.25) is 5.02 Å². The number of nitrogens with one attached hydrogen (secondary N) is 1. The van der Waals surface area contributed by atoms with Gasteiger partial charge in [0.15, 0.2) is 5.70 Å². The SMILES string of the molecule is COC(=O)C1=C(C(=O)OC)n2ncnc2NC1c1c(F)cccc1Cl. The van der Waals surface area contributed by atoms with Crippen LogP contribution in [0, 0.1) is 5.82 Å². The van der Waals surface area contributed by atoms with Gasteiger partial charge in [0, 0.05) is 10.6 Å². The number of carbonyl (C=O) groups is 2. The molecule has 0 amide bonds. The second-order valence-electron chi connectivity index (χ2n) is 4.95. The van der Waals surface area contributed by atoms with Crippen molar-refractivity contribution in [3.63, 3.8) is 0 Å². The molecule has 10 heteroatoms. The van der Waals surface area contributed by atoms with E-state index in [1.54, 1.807) is 0 Å². The normalized spacial score (nSPS) is 16.1. The molecule has 2 aromatic rings. The van der Waals surface area contributed by atoms with E-state index in [0.29, 0.717) is 0 Å². The van der Waals surface area contributed by atoms with E-state index in [0.717, 1.165) is 18.9 Å². The maximum Gasteiger partial charge on any atom is 0.357 e. The molecule has 1 aromatic heterocycles. The zero-order valence-electron chi connectivity index (χ0n) is 13.1. The second-order valence-corrected chi connectivity index (χ2v) is 5.36. The van der Waals surface area contributed by atoms with Crippen molar-refractivity contribution >= 4 is 35.2 Å². The van der Waals surface area contributed by atoms with Gasteiger partial charge in [-0.1, -0.05) is 17.7 Å². The van der Waals surface area contributed by atoms with Crippen molar-refractivity contribution in [2.45, 2.75) is 6.04 Å². The van der Waals surface area contributed by atoms with Crippen molar-refractivity contribution in [3.05, 3.63) is 46.5 Å². The maximum absolute atomic E-state index is 14.4. The first-order valence-corrected chi connectivity index (χ1v) is 7.39. The zero-order valence-corrected chi connectivity index (χ0v) is 13.9. The highest BCUT2D eigenvalue weighted by atomic mass is 35.5. The summed E-state index contributed by atoms with van der Waals surface area (Å²) in [5, 5.41) is 6.81. The molecule has 1 atom stereocenters. The third-order valence-corrected chi connectivity index (χ3v) is 3.98. The van der Waals surface area contributed by atoms with Gasteiger partial charge in [-0.2, -0.15) is 14.8 Å². The fourth-order valence-corrected chi connectivity index (χ4v) is 2.85. The Kier molecular flexibility index (Phi) is 4.41. The highest BCUT2D eigenvalue weighted by Crippen LogP contribution is 2.39.